The maximum atomic E-state index is 11.8. The van der Waals surface area contributed by atoms with E-state index in [0.717, 1.165) is 5.03 Å². The molecule has 1 aromatic heterocycles. The number of pyridine rings is 1. The Morgan fingerprint density at radius 2 is 2.11 bits per heavy atom. The molecule has 0 aliphatic heterocycles. The lowest BCUT2D eigenvalue weighted by atomic mass is 10.3. The third kappa shape index (κ3) is 4.42. The van der Waals surface area contributed by atoms with Gasteiger partial charge in [0.2, 0.25) is 5.91 Å². The molecule has 19 heavy (non-hydrogen) atoms. The van der Waals surface area contributed by atoms with Crippen molar-refractivity contribution in [3.05, 3.63) is 52.6 Å². The summed E-state index contributed by atoms with van der Waals surface area (Å²) in [5.41, 5.74) is 0.553. The number of hydrogen-bond donors (Lipinski definition) is 1. The van der Waals surface area contributed by atoms with Crippen LogP contribution in [0.4, 0.5) is 5.69 Å². The van der Waals surface area contributed by atoms with Gasteiger partial charge in [-0.1, -0.05) is 41.0 Å². The van der Waals surface area contributed by atoms with Gasteiger partial charge in [-0.25, -0.2) is 4.98 Å². The first-order valence-corrected chi connectivity index (χ1v) is 7.18. The summed E-state index contributed by atoms with van der Waals surface area (Å²) in [5, 5.41) is 4.49. The molecule has 0 saturated heterocycles. The van der Waals surface area contributed by atoms with E-state index < -0.39 is 0 Å². The highest BCUT2D eigenvalue weighted by atomic mass is 35.5. The predicted octanol–water partition coefficient (Wildman–Crippen LogP) is 4.12. The van der Waals surface area contributed by atoms with Crippen LogP contribution in [0.5, 0.6) is 0 Å². The summed E-state index contributed by atoms with van der Waals surface area (Å²) in [5.74, 6) is 0.135. The number of rotatable bonds is 4. The maximum Gasteiger partial charge on any atom is 0.234 e. The molecule has 6 heteroatoms. The number of carbonyl (C=O) groups excluding carboxylic acids is 1. The molecule has 1 heterocycles. The van der Waals surface area contributed by atoms with Crippen LogP contribution in [0.3, 0.4) is 0 Å². The van der Waals surface area contributed by atoms with Crippen LogP contribution in [0.2, 0.25) is 10.0 Å². The molecule has 0 spiro atoms. The van der Waals surface area contributed by atoms with E-state index in [1.165, 1.54) is 11.8 Å². The zero-order chi connectivity index (χ0) is 13.7. The van der Waals surface area contributed by atoms with Gasteiger partial charge >= 0.3 is 0 Å². The fraction of sp³-hybridized carbons (Fsp3) is 0.0769. The minimum atomic E-state index is -0.139. The minimum Gasteiger partial charge on any atom is -0.324 e. The van der Waals surface area contributed by atoms with Gasteiger partial charge in [0.1, 0.15) is 0 Å². The highest BCUT2D eigenvalue weighted by Gasteiger charge is 2.07. The SMILES string of the molecule is O=C(CSc1ccccn1)Nc1ccc(Cl)cc1Cl. The number of hydrogen-bond acceptors (Lipinski definition) is 3. The number of nitrogens with one attached hydrogen (secondary N) is 1. The number of anilines is 1. The van der Waals surface area contributed by atoms with Crippen molar-refractivity contribution in [1.82, 2.24) is 4.98 Å². The second kappa shape index (κ2) is 6.80. The molecule has 2 rings (SSSR count). The Labute approximate surface area is 125 Å². The molecule has 0 bridgehead atoms. The van der Waals surface area contributed by atoms with Crippen molar-refractivity contribution in [3.63, 3.8) is 0 Å². The summed E-state index contributed by atoms with van der Waals surface area (Å²) >= 11 is 13.1. The maximum absolute atomic E-state index is 11.8. The molecular weight excluding hydrogens is 303 g/mol. The molecule has 0 unspecified atom stereocenters. The van der Waals surface area contributed by atoms with Crippen LogP contribution in [0.1, 0.15) is 0 Å². The molecule has 98 valence electrons. The number of carbonyl (C=O) groups is 1. The molecule has 0 aliphatic rings. The molecule has 1 amide bonds. The Hall–Kier alpha value is -1.23. The van der Waals surface area contributed by atoms with Crippen LogP contribution < -0.4 is 5.32 Å². The van der Waals surface area contributed by atoms with Crippen LogP contribution in [-0.2, 0) is 4.79 Å². The van der Waals surface area contributed by atoms with E-state index in [1.807, 2.05) is 18.2 Å². The van der Waals surface area contributed by atoms with Gasteiger partial charge < -0.3 is 5.32 Å². The van der Waals surface area contributed by atoms with Crippen molar-refractivity contribution in [3.8, 4) is 0 Å². The van der Waals surface area contributed by atoms with E-state index in [1.54, 1.807) is 24.4 Å². The summed E-state index contributed by atoms with van der Waals surface area (Å²) in [6, 6.07) is 10.5. The van der Waals surface area contributed by atoms with Crippen molar-refractivity contribution in [2.24, 2.45) is 0 Å². The standard InChI is InChI=1S/C13H10Cl2N2OS/c14-9-4-5-11(10(15)7-9)17-12(18)8-19-13-3-1-2-6-16-13/h1-7H,8H2,(H,17,18). The minimum absolute atomic E-state index is 0.139. The highest BCUT2D eigenvalue weighted by molar-refractivity contribution is 7.99. The number of aromatic nitrogens is 1. The molecule has 3 nitrogen and oxygen atoms in total. The number of halogens is 2. The van der Waals surface area contributed by atoms with E-state index in [-0.39, 0.29) is 11.7 Å². The second-order valence-electron chi connectivity index (χ2n) is 3.63. The molecule has 1 aromatic carbocycles. The van der Waals surface area contributed by atoms with Gasteiger partial charge in [0.05, 0.1) is 21.5 Å². The second-order valence-corrected chi connectivity index (χ2v) is 5.47. The summed E-state index contributed by atoms with van der Waals surface area (Å²) in [6.07, 6.45) is 1.69. The lowest BCUT2D eigenvalue weighted by Crippen LogP contribution is -2.14. The van der Waals surface area contributed by atoms with Crippen LogP contribution >= 0.6 is 35.0 Å². The van der Waals surface area contributed by atoms with Gasteiger partial charge in [-0.3, -0.25) is 4.79 Å². The number of nitrogens with zero attached hydrogens (tertiary/aromatic N) is 1. The molecule has 1 N–H and O–H groups in total. The molecule has 0 fully saturated rings. The first-order chi connectivity index (χ1) is 9.15. The smallest absolute Gasteiger partial charge is 0.234 e. The first-order valence-electron chi connectivity index (χ1n) is 5.44. The number of amides is 1. The Morgan fingerprint density at radius 3 is 2.79 bits per heavy atom. The van der Waals surface area contributed by atoms with Crippen molar-refractivity contribution in [2.45, 2.75) is 5.03 Å². The van der Waals surface area contributed by atoms with E-state index in [2.05, 4.69) is 10.3 Å². The van der Waals surface area contributed by atoms with Crippen molar-refractivity contribution in [2.75, 3.05) is 11.1 Å². The van der Waals surface area contributed by atoms with Gasteiger partial charge in [-0.05, 0) is 30.3 Å². The molecule has 0 aliphatic carbocycles. The van der Waals surface area contributed by atoms with Gasteiger partial charge in [-0.15, -0.1) is 0 Å². The van der Waals surface area contributed by atoms with Crippen molar-refractivity contribution in [1.29, 1.82) is 0 Å². The third-order valence-electron chi connectivity index (χ3n) is 2.19. The fourth-order valence-electron chi connectivity index (χ4n) is 1.35. The molecule has 2 aromatic rings. The summed E-state index contributed by atoms with van der Waals surface area (Å²) in [6.45, 7) is 0. The molecule has 0 radical (unpaired) electrons. The van der Waals surface area contributed by atoms with Crippen molar-refractivity contribution >= 4 is 46.6 Å². The highest BCUT2D eigenvalue weighted by Crippen LogP contribution is 2.25. The fourth-order valence-corrected chi connectivity index (χ4v) is 2.47. The number of thioether (sulfide) groups is 1. The van der Waals surface area contributed by atoms with E-state index in [0.29, 0.717) is 15.7 Å². The van der Waals surface area contributed by atoms with Crippen molar-refractivity contribution < 1.29 is 4.79 Å². The van der Waals surface area contributed by atoms with E-state index >= 15 is 0 Å². The Morgan fingerprint density at radius 1 is 1.26 bits per heavy atom. The van der Waals surface area contributed by atoms with Gasteiger partial charge in [-0.2, -0.15) is 0 Å². The van der Waals surface area contributed by atoms with Gasteiger partial charge in [0, 0.05) is 11.2 Å². The topological polar surface area (TPSA) is 42.0 Å². The van der Waals surface area contributed by atoms with Crippen LogP contribution in [-0.4, -0.2) is 16.6 Å². The Balaban J connectivity index is 1.91. The average molecular weight is 313 g/mol. The van der Waals surface area contributed by atoms with Gasteiger partial charge in [0.25, 0.3) is 0 Å². The quantitative estimate of drug-likeness (QED) is 0.863. The van der Waals surface area contributed by atoms with Gasteiger partial charge in [0.15, 0.2) is 0 Å². The largest absolute Gasteiger partial charge is 0.324 e. The first kappa shape index (κ1) is 14.2. The molecule has 0 saturated carbocycles. The molecular formula is C13H10Cl2N2OS. The van der Waals surface area contributed by atoms with E-state index in [9.17, 15) is 4.79 Å². The van der Waals surface area contributed by atoms with E-state index in [4.69, 9.17) is 23.2 Å². The monoisotopic (exact) mass is 312 g/mol. The Kier molecular flexibility index (Phi) is 5.07. The van der Waals surface area contributed by atoms with Crippen LogP contribution in [0, 0.1) is 0 Å². The van der Waals surface area contributed by atoms with Crippen LogP contribution in [0.15, 0.2) is 47.6 Å². The van der Waals surface area contributed by atoms with Crippen LogP contribution in [0.25, 0.3) is 0 Å². The molecule has 0 atom stereocenters. The summed E-state index contributed by atoms with van der Waals surface area (Å²) < 4.78 is 0. The normalized spacial score (nSPS) is 10.2. The number of benzene rings is 1. The summed E-state index contributed by atoms with van der Waals surface area (Å²) in [4.78, 5) is 15.9. The Bertz CT molecular complexity index is 578. The zero-order valence-electron chi connectivity index (χ0n) is 9.77. The summed E-state index contributed by atoms with van der Waals surface area (Å²) in [7, 11) is 0. The third-order valence-corrected chi connectivity index (χ3v) is 3.69. The average Bonchev–Trinajstić information content (AvgIpc) is 2.41. The lowest BCUT2D eigenvalue weighted by Gasteiger charge is -2.07. The zero-order valence-corrected chi connectivity index (χ0v) is 12.1. The predicted molar refractivity (Wildman–Crippen MR) is 80.1 cm³/mol. The lowest BCUT2D eigenvalue weighted by molar-refractivity contribution is -0.113.